The van der Waals surface area contributed by atoms with Gasteiger partial charge in [0.2, 0.25) is 5.91 Å². The van der Waals surface area contributed by atoms with Gasteiger partial charge in [-0.05, 0) is 49.6 Å². The van der Waals surface area contributed by atoms with E-state index in [1.165, 1.54) is 43.3 Å². The Balaban J connectivity index is 2.23. The summed E-state index contributed by atoms with van der Waals surface area (Å²) in [6.45, 7) is 5.27. The van der Waals surface area contributed by atoms with Crippen LogP contribution in [0.3, 0.4) is 0 Å². The van der Waals surface area contributed by atoms with Gasteiger partial charge in [0.05, 0.1) is 23.4 Å². The number of carbonyl (C=O) groups excluding carboxylic acids is 3. The summed E-state index contributed by atoms with van der Waals surface area (Å²) >= 11 is 0. The number of hydrogen-bond donors (Lipinski definition) is 0. The number of allylic oxidation sites excluding steroid dienone is 4. The molecule has 1 aliphatic heterocycles. The minimum atomic E-state index is -4.64. The highest BCUT2D eigenvalue weighted by Crippen LogP contribution is 2.41. The third-order valence-corrected chi connectivity index (χ3v) is 6.23. The van der Waals surface area contributed by atoms with Crippen molar-refractivity contribution in [2.45, 2.75) is 38.4 Å². The number of Topliss-reactive ketones (excluding diaryl/α,β-unsaturated/α-hetero) is 1. The number of halogens is 3. The molecule has 0 fully saturated rings. The number of urea groups is 1. The van der Waals surface area contributed by atoms with Gasteiger partial charge in [0.15, 0.2) is 5.78 Å². The minimum absolute atomic E-state index is 0.0513. The van der Waals surface area contributed by atoms with E-state index in [4.69, 9.17) is 0 Å². The number of rotatable bonds is 6. The van der Waals surface area contributed by atoms with E-state index in [0.29, 0.717) is 23.3 Å². The third-order valence-electron chi connectivity index (χ3n) is 6.23. The number of hydrogen-bond acceptors (Lipinski definition) is 4. The summed E-state index contributed by atoms with van der Waals surface area (Å²) in [6, 6.07) is 4.55. The van der Waals surface area contributed by atoms with E-state index in [9.17, 15) is 32.8 Å². The summed E-state index contributed by atoms with van der Waals surface area (Å²) in [5.74, 6) is -0.725. The highest BCUT2D eigenvalue weighted by molar-refractivity contribution is 6.08. The van der Waals surface area contributed by atoms with Crippen LogP contribution in [-0.4, -0.2) is 54.2 Å². The molecule has 1 heterocycles. The fourth-order valence-electron chi connectivity index (χ4n) is 4.30. The van der Waals surface area contributed by atoms with Gasteiger partial charge in [0.25, 0.3) is 0 Å². The number of nitrogens with zero attached hydrogens (tertiary/aromatic N) is 4. The lowest BCUT2D eigenvalue weighted by Crippen LogP contribution is -2.58. The van der Waals surface area contributed by atoms with Gasteiger partial charge >= 0.3 is 12.2 Å². The Morgan fingerprint density at radius 3 is 2.54 bits per heavy atom. The Labute approximate surface area is 213 Å². The molecule has 10 heteroatoms. The van der Waals surface area contributed by atoms with Crippen molar-refractivity contribution in [3.63, 3.8) is 0 Å². The first-order valence-electron chi connectivity index (χ1n) is 11.6. The van der Waals surface area contributed by atoms with Crippen molar-refractivity contribution in [3.8, 4) is 6.07 Å². The second kappa shape index (κ2) is 10.9. The van der Waals surface area contributed by atoms with Crippen molar-refractivity contribution in [1.82, 2.24) is 9.80 Å². The number of nitriles is 1. The van der Waals surface area contributed by atoms with Crippen LogP contribution in [0.4, 0.5) is 23.7 Å². The van der Waals surface area contributed by atoms with Crippen molar-refractivity contribution in [2.24, 2.45) is 0 Å². The van der Waals surface area contributed by atoms with Crippen LogP contribution in [0.1, 0.15) is 31.7 Å². The summed E-state index contributed by atoms with van der Waals surface area (Å²) in [6.07, 6.45) is 0.830. The van der Waals surface area contributed by atoms with Crippen molar-refractivity contribution in [3.05, 3.63) is 77.1 Å². The zero-order valence-corrected chi connectivity index (χ0v) is 20.8. The molecule has 1 aromatic rings. The monoisotopic (exact) mass is 512 g/mol. The molecular weight excluding hydrogens is 485 g/mol. The SMILES string of the molecule is C=C(/C=C\C(C#N)=C/C)[C@@H]1C2=C(CCCC2=O)N(c2cccc(C(F)(F)F)c2)C(=O)N1CC(=O)N(C)C. The Kier molecular flexibility index (Phi) is 8.06. The molecule has 3 amide bonds. The van der Waals surface area contributed by atoms with Crippen molar-refractivity contribution in [2.75, 3.05) is 25.5 Å². The number of likely N-dealkylation sites (N-methyl/N-ethyl adjacent to an activating group) is 1. The molecule has 194 valence electrons. The van der Waals surface area contributed by atoms with Gasteiger partial charge < -0.3 is 9.80 Å². The Morgan fingerprint density at radius 1 is 1.24 bits per heavy atom. The molecule has 37 heavy (non-hydrogen) atoms. The van der Waals surface area contributed by atoms with Crippen LogP contribution in [-0.2, 0) is 15.8 Å². The molecule has 1 aromatic carbocycles. The predicted octanol–water partition coefficient (Wildman–Crippen LogP) is 4.99. The van der Waals surface area contributed by atoms with Crippen molar-refractivity contribution < 1.29 is 27.6 Å². The zero-order chi connectivity index (χ0) is 27.5. The second-order valence-corrected chi connectivity index (χ2v) is 8.89. The van der Waals surface area contributed by atoms with Crippen LogP contribution in [0.2, 0.25) is 0 Å². The molecule has 1 aliphatic carbocycles. The molecule has 0 aromatic heterocycles. The number of anilines is 1. The molecule has 0 bridgehead atoms. The first-order chi connectivity index (χ1) is 17.4. The lowest BCUT2D eigenvalue weighted by molar-refractivity contribution is -0.137. The summed E-state index contributed by atoms with van der Waals surface area (Å²) in [7, 11) is 3.01. The topological polar surface area (TPSA) is 84.7 Å². The average molecular weight is 513 g/mol. The summed E-state index contributed by atoms with van der Waals surface area (Å²) in [5.41, 5.74) is 0.131. The van der Waals surface area contributed by atoms with Crippen LogP contribution >= 0.6 is 0 Å². The normalized spacial score (nSPS) is 18.7. The smallest absolute Gasteiger partial charge is 0.347 e. The molecular formula is C27H27F3N4O3. The van der Waals surface area contributed by atoms with Crippen LogP contribution < -0.4 is 4.90 Å². The fourth-order valence-corrected chi connectivity index (χ4v) is 4.30. The van der Waals surface area contributed by atoms with Gasteiger partial charge in [-0.2, -0.15) is 18.4 Å². The van der Waals surface area contributed by atoms with E-state index in [0.717, 1.165) is 21.9 Å². The van der Waals surface area contributed by atoms with Crippen LogP contribution in [0.15, 0.2) is 71.5 Å². The number of alkyl halides is 3. The van der Waals surface area contributed by atoms with E-state index < -0.39 is 36.3 Å². The van der Waals surface area contributed by atoms with Crippen LogP contribution in [0.25, 0.3) is 0 Å². The standard InChI is InChI=1S/C27H27F3N4O3/c1-5-18(15-31)13-12-17(2)25-24-21(10-7-11-22(24)35)34(26(37)33(25)16-23(36)32(3)4)20-9-6-8-19(14-20)27(28,29)30/h5-6,8-9,12-14,25H,2,7,10-11,16H2,1,3-4H3/b13-12-,18-5+/t25-/m1/s1. The summed E-state index contributed by atoms with van der Waals surface area (Å²) < 4.78 is 40.4. The van der Waals surface area contributed by atoms with Crippen molar-refractivity contribution >= 4 is 23.4 Å². The highest BCUT2D eigenvalue weighted by atomic mass is 19.4. The van der Waals surface area contributed by atoms with Gasteiger partial charge in [-0.1, -0.05) is 24.8 Å². The first kappa shape index (κ1) is 27.5. The van der Waals surface area contributed by atoms with Gasteiger partial charge in [0, 0.05) is 37.4 Å². The van der Waals surface area contributed by atoms with Crippen LogP contribution in [0, 0.1) is 11.3 Å². The number of carbonyl (C=O) groups is 3. The molecule has 7 nitrogen and oxygen atoms in total. The quantitative estimate of drug-likeness (QED) is 0.397. The highest BCUT2D eigenvalue weighted by Gasteiger charge is 2.45. The number of ketones is 1. The van der Waals surface area contributed by atoms with E-state index in [1.807, 2.05) is 6.07 Å². The maximum absolute atomic E-state index is 13.9. The summed E-state index contributed by atoms with van der Waals surface area (Å²) in [4.78, 5) is 43.4. The average Bonchev–Trinajstić information content (AvgIpc) is 2.84. The Hall–Kier alpha value is -4.13. The van der Waals surface area contributed by atoms with E-state index in [2.05, 4.69) is 6.58 Å². The van der Waals surface area contributed by atoms with Gasteiger partial charge in [-0.15, -0.1) is 0 Å². The second-order valence-electron chi connectivity index (χ2n) is 8.89. The first-order valence-corrected chi connectivity index (χ1v) is 11.6. The molecule has 0 saturated carbocycles. The minimum Gasteiger partial charge on any atom is -0.347 e. The molecule has 0 unspecified atom stereocenters. The molecule has 0 spiro atoms. The largest absolute Gasteiger partial charge is 0.416 e. The van der Waals surface area contributed by atoms with Gasteiger partial charge in [0.1, 0.15) is 6.54 Å². The van der Waals surface area contributed by atoms with Crippen LogP contribution in [0.5, 0.6) is 0 Å². The van der Waals surface area contributed by atoms with Gasteiger partial charge in [-0.25, -0.2) is 4.79 Å². The fraction of sp³-hybridized carbons (Fsp3) is 0.333. The number of benzene rings is 1. The lowest BCUT2D eigenvalue weighted by Gasteiger charge is -2.45. The molecule has 0 radical (unpaired) electrons. The molecule has 0 saturated heterocycles. The Morgan fingerprint density at radius 2 is 1.95 bits per heavy atom. The molecule has 1 atom stereocenters. The summed E-state index contributed by atoms with van der Waals surface area (Å²) in [5, 5.41) is 9.23. The molecule has 0 N–H and O–H groups in total. The molecule has 3 rings (SSSR count). The predicted molar refractivity (Wildman–Crippen MR) is 132 cm³/mol. The lowest BCUT2D eigenvalue weighted by atomic mass is 9.83. The Bertz CT molecular complexity index is 1270. The van der Waals surface area contributed by atoms with E-state index in [1.54, 1.807) is 13.0 Å². The van der Waals surface area contributed by atoms with E-state index in [-0.39, 0.29) is 29.9 Å². The zero-order valence-electron chi connectivity index (χ0n) is 20.8. The van der Waals surface area contributed by atoms with Crippen molar-refractivity contribution in [1.29, 1.82) is 5.26 Å². The van der Waals surface area contributed by atoms with E-state index >= 15 is 0 Å². The van der Waals surface area contributed by atoms with Gasteiger partial charge in [-0.3, -0.25) is 14.5 Å². The maximum Gasteiger partial charge on any atom is 0.416 e. The maximum atomic E-state index is 13.9. The third kappa shape index (κ3) is 5.66. The number of amides is 3. The molecule has 2 aliphatic rings.